The second-order valence-electron chi connectivity index (χ2n) is 8.13. The molecule has 4 aromatic rings. The van der Waals surface area contributed by atoms with E-state index in [-0.39, 0.29) is 32.3 Å². The molecule has 2 heterocycles. The molecule has 0 saturated carbocycles. The molecule has 2 aromatic heterocycles. The average molecular weight is 641 g/mol. The summed E-state index contributed by atoms with van der Waals surface area (Å²) in [4.78, 5) is 75.3. The van der Waals surface area contributed by atoms with Gasteiger partial charge in [0.15, 0.2) is 0 Å². The molecular weight excluding hydrogens is 623 g/mol. The van der Waals surface area contributed by atoms with Crippen LogP contribution >= 0.6 is 23.2 Å². The fourth-order valence-electron chi connectivity index (χ4n) is 3.21. The number of hydrogen-bond donors (Lipinski definition) is 4. The molecule has 0 saturated heterocycles. The van der Waals surface area contributed by atoms with Gasteiger partial charge in [0.25, 0.3) is 35.0 Å². The van der Waals surface area contributed by atoms with Gasteiger partial charge >= 0.3 is 0 Å². The molecule has 0 unspecified atom stereocenters. The van der Waals surface area contributed by atoms with Crippen molar-refractivity contribution in [3.63, 3.8) is 0 Å². The first-order valence-electron chi connectivity index (χ1n) is 11.9. The first kappa shape index (κ1) is 32.5. The van der Waals surface area contributed by atoms with Gasteiger partial charge in [0, 0.05) is 58.1 Å². The van der Waals surface area contributed by atoms with Crippen LogP contribution in [0.1, 0.15) is 41.4 Å². The Labute approximate surface area is 256 Å². The molecule has 0 aliphatic heterocycles. The van der Waals surface area contributed by atoms with Crippen molar-refractivity contribution in [1.82, 2.24) is 31.7 Å². The summed E-state index contributed by atoms with van der Waals surface area (Å²) < 4.78 is 0. The monoisotopic (exact) mass is 640 g/mol. The molecule has 0 bridgehead atoms. The van der Waals surface area contributed by atoms with E-state index < -0.39 is 44.9 Å². The van der Waals surface area contributed by atoms with Gasteiger partial charge in [-0.15, -0.1) is 0 Å². The lowest BCUT2D eigenvalue weighted by molar-refractivity contribution is -0.385. The van der Waals surface area contributed by atoms with Crippen molar-refractivity contribution in [3.8, 4) is 0 Å². The Morgan fingerprint density at radius 1 is 0.545 bits per heavy atom. The molecule has 18 heteroatoms. The van der Waals surface area contributed by atoms with Gasteiger partial charge in [-0.3, -0.25) is 71.1 Å². The lowest BCUT2D eigenvalue weighted by Gasteiger charge is -2.08. The number of halogens is 2. The van der Waals surface area contributed by atoms with Crippen molar-refractivity contribution < 1.29 is 29.0 Å². The standard InChI is InChI=1S/2C13H9ClN4O4/c2*14-9-1-2-11(18(21)22)10(7-9)13(20)17-16-12(19)8-3-5-15-6-4-8/h2*1-7H,(H,16,19)(H,17,20). The summed E-state index contributed by atoms with van der Waals surface area (Å²) in [5.41, 5.74) is 7.70. The second-order valence-corrected chi connectivity index (χ2v) is 9.00. The van der Waals surface area contributed by atoms with Crippen LogP contribution in [-0.2, 0) is 0 Å². The topological polar surface area (TPSA) is 228 Å². The van der Waals surface area contributed by atoms with Crippen molar-refractivity contribution >= 4 is 58.2 Å². The highest BCUT2D eigenvalue weighted by Crippen LogP contribution is 2.23. The Hall–Kier alpha value is -6.00. The van der Waals surface area contributed by atoms with Gasteiger partial charge in [0.2, 0.25) is 0 Å². The van der Waals surface area contributed by atoms with Crippen LogP contribution in [0.5, 0.6) is 0 Å². The molecule has 0 spiro atoms. The largest absolute Gasteiger partial charge is 0.282 e. The van der Waals surface area contributed by atoms with Crippen molar-refractivity contribution in [2.75, 3.05) is 0 Å². The summed E-state index contributed by atoms with van der Waals surface area (Å²) in [7, 11) is 0. The maximum atomic E-state index is 12.0. The summed E-state index contributed by atoms with van der Waals surface area (Å²) in [6, 6.07) is 12.9. The molecule has 4 N–H and O–H groups in total. The van der Waals surface area contributed by atoms with Crippen LogP contribution in [0.25, 0.3) is 0 Å². The van der Waals surface area contributed by atoms with E-state index in [1.54, 1.807) is 0 Å². The van der Waals surface area contributed by atoms with E-state index in [0.29, 0.717) is 0 Å². The normalized spacial score (nSPS) is 9.86. The van der Waals surface area contributed by atoms with Gasteiger partial charge in [-0.1, -0.05) is 23.2 Å². The van der Waals surface area contributed by atoms with E-state index in [1.165, 1.54) is 61.2 Å². The lowest BCUT2D eigenvalue weighted by Crippen LogP contribution is -2.41. The third-order valence-electron chi connectivity index (χ3n) is 5.26. The average Bonchev–Trinajstić information content (AvgIpc) is 3.02. The second kappa shape index (κ2) is 15.3. The number of nitro groups is 2. The van der Waals surface area contributed by atoms with Crippen molar-refractivity contribution in [2.24, 2.45) is 0 Å². The first-order chi connectivity index (χ1) is 21.0. The zero-order valence-corrected chi connectivity index (χ0v) is 23.4. The van der Waals surface area contributed by atoms with Gasteiger partial charge in [-0.25, -0.2) is 0 Å². The molecule has 0 atom stereocenters. The number of aromatic nitrogens is 2. The smallest absolute Gasteiger partial charge is 0.267 e. The molecule has 0 aliphatic rings. The third-order valence-corrected chi connectivity index (χ3v) is 5.73. The quantitative estimate of drug-likeness (QED) is 0.177. The summed E-state index contributed by atoms with van der Waals surface area (Å²) in [5.74, 6) is -2.87. The number of hydrazine groups is 2. The number of benzene rings is 2. The number of carbonyl (C=O) groups is 4. The molecule has 44 heavy (non-hydrogen) atoms. The predicted molar refractivity (Wildman–Crippen MR) is 155 cm³/mol. The number of rotatable bonds is 6. The highest BCUT2D eigenvalue weighted by Gasteiger charge is 2.22. The molecule has 4 rings (SSSR count). The van der Waals surface area contributed by atoms with Crippen LogP contribution in [0.4, 0.5) is 11.4 Å². The molecule has 0 aliphatic carbocycles. The number of amides is 4. The maximum absolute atomic E-state index is 12.0. The van der Waals surface area contributed by atoms with Crippen molar-refractivity contribution in [2.45, 2.75) is 0 Å². The molecule has 16 nitrogen and oxygen atoms in total. The van der Waals surface area contributed by atoms with Crippen LogP contribution in [0.3, 0.4) is 0 Å². The fourth-order valence-corrected chi connectivity index (χ4v) is 3.56. The summed E-state index contributed by atoms with van der Waals surface area (Å²) >= 11 is 11.5. The highest BCUT2D eigenvalue weighted by molar-refractivity contribution is 6.31. The molecular formula is C26H18Cl2N8O8. The summed E-state index contributed by atoms with van der Waals surface area (Å²) in [6.45, 7) is 0. The predicted octanol–water partition coefficient (Wildman–Crippen LogP) is 3.44. The van der Waals surface area contributed by atoms with Crippen LogP contribution in [0.15, 0.2) is 85.5 Å². The minimum Gasteiger partial charge on any atom is -0.267 e. The highest BCUT2D eigenvalue weighted by atomic mass is 35.5. The number of nitrogens with one attached hydrogen (secondary N) is 4. The number of carbonyl (C=O) groups excluding carboxylic acids is 4. The SMILES string of the molecule is O=C(NNC(=O)c1cc(Cl)ccc1[N+](=O)[O-])c1ccncc1.O=C(NNC(=O)c1cc(Cl)ccc1[N+](=O)[O-])c1ccncc1. The van der Waals surface area contributed by atoms with Gasteiger partial charge in [-0.05, 0) is 48.5 Å². The lowest BCUT2D eigenvalue weighted by atomic mass is 10.1. The van der Waals surface area contributed by atoms with E-state index >= 15 is 0 Å². The van der Waals surface area contributed by atoms with E-state index in [4.69, 9.17) is 23.2 Å². The van der Waals surface area contributed by atoms with E-state index in [9.17, 15) is 39.4 Å². The van der Waals surface area contributed by atoms with Crippen molar-refractivity contribution in [3.05, 3.63) is 138 Å². The minimum absolute atomic E-state index is 0.163. The number of nitrogens with zero attached hydrogens (tertiary/aromatic N) is 4. The van der Waals surface area contributed by atoms with Crippen LogP contribution in [0, 0.1) is 20.2 Å². The van der Waals surface area contributed by atoms with Crippen molar-refractivity contribution in [1.29, 1.82) is 0 Å². The zero-order valence-electron chi connectivity index (χ0n) is 21.9. The van der Waals surface area contributed by atoms with Crippen LogP contribution < -0.4 is 21.7 Å². The number of nitro benzene ring substituents is 2. The Morgan fingerprint density at radius 3 is 1.18 bits per heavy atom. The first-order valence-corrected chi connectivity index (χ1v) is 12.6. The van der Waals surface area contributed by atoms with Crippen LogP contribution in [0.2, 0.25) is 10.0 Å². The van der Waals surface area contributed by atoms with E-state index in [2.05, 4.69) is 31.7 Å². The Bertz CT molecular complexity index is 1600. The maximum Gasteiger partial charge on any atom is 0.282 e. The molecule has 0 fully saturated rings. The number of pyridine rings is 2. The molecule has 0 radical (unpaired) electrons. The van der Waals surface area contributed by atoms with Gasteiger partial charge < -0.3 is 0 Å². The van der Waals surface area contributed by atoms with Gasteiger partial charge in [0.05, 0.1) is 9.85 Å². The summed E-state index contributed by atoms with van der Waals surface area (Å²) in [5, 5.41) is 22.1. The number of hydrogen-bond acceptors (Lipinski definition) is 10. The Kier molecular flexibility index (Phi) is 11.3. The molecule has 2 aromatic carbocycles. The fraction of sp³-hybridized carbons (Fsp3) is 0. The van der Waals surface area contributed by atoms with E-state index in [0.717, 1.165) is 24.3 Å². The Morgan fingerprint density at radius 2 is 0.864 bits per heavy atom. The third kappa shape index (κ3) is 9.00. The molecule has 4 amide bonds. The zero-order chi connectivity index (χ0) is 32.2. The summed E-state index contributed by atoms with van der Waals surface area (Å²) in [6.07, 6.45) is 5.66. The van der Waals surface area contributed by atoms with Gasteiger partial charge in [-0.2, -0.15) is 0 Å². The van der Waals surface area contributed by atoms with E-state index in [1.807, 2.05) is 0 Å². The molecule has 224 valence electrons. The van der Waals surface area contributed by atoms with Gasteiger partial charge in [0.1, 0.15) is 11.1 Å². The minimum atomic E-state index is -0.850. The van der Waals surface area contributed by atoms with Crippen LogP contribution in [-0.4, -0.2) is 43.4 Å². The Balaban J connectivity index is 0.000000240.